The largest absolute Gasteiger partial charge is 0.507 e. The first-order chi connectivity index (χ1) is 10.9. The highest BCUT2D eigenvalue weighted by Crippen LogP contribution is 2.46. The Labute approximate surface area is 134 Å². The number of aliphatic hydroxyl groups is 1. The van der Waals surface area contributed by atoms with Crippen molar-refractivity contribution in [3.05, 3.63) is 82.8 Å². The third kappa shape index (κ3) is 3.18. The molecule has 0 heterocycles. The van der Waals surface area contributed by atoms with Gasteiger partial charge >= 0.3 is 0 Å². The number of nitrogens with zero attached hydrogens (tertiary/aromatic N) is 1. The summed E-state index contributed by atoms with van der Waals surface area (Å²) in [7, 11) is 0. The van der Waals surface area contributed by atoms with Crippen molar-refractivity contribution < 1.29 is 15.1 Å². The molecule has 0 atom stereocenters. The van der Waals surface area contributed by atoms with E-state index in [0.29, 0.717) is 18.4 Å². The molecule has 0 radical (unpaired) electrons. The Morgan fingerprint density at radius 3 is 2.35 bits per heavy atom. The maximum Gasteiger partial charge on any atom is 0.288 e. The van der Waals surface area contributed by atoms with Crippen molar-refractivity contribution in [2.24, 2.45) is 5.41 Å². The van der Waals surface area contributed by atoms with E-state index >= 15 is 0 Å². The summed E-state index contributed by atoms with van der Waals surface area (Å²) in [4.78, 5) is 10.8. The van der Waals surface area contributed by atoms with Crippen molar-refractivity contribution in [2.45, 2.75) is 19.3 Å². The number of nitro groups is 1. The topological polar surface area (TPSA) is 83.6 Å². The predicted molar refractivity (Wildman–Crippen MR) is 89.4 cm³/mol. The van der Waals surface area contributed by atoms with Crippen molar-refractivity contribution in [1.29, 1.82) is 0 Å². The molecular formula is C18H19NO4. The van der Waals surface area contributed by atoms with E-state index in [2.05, 4.69) is 13.2 Å². The maximum absolute atomic E-state index is 11.4. The van der Waals surface area contributed by atoms with Gasteiger partial charge in [-0.3, -0.25) is 10.1 Å². The van der Waals surface area contributed by atoms with E-state index in [1.807, 2.05) is 0 Å². The van der Waals surface area contributed by atoms with Gasteiger partial charge in [-0.1, -0.05) is 36.4 Å². The lowest BCUT2D eigenvalue weighted by molar-refractivity contribution is -0.432. The van der Waals surface area contributed by atoms with Gasteiger partial charge in [0, 0.05) is 16.6 Å². The average molecular weight is 313 g/mol. The number of hydrogen-bond donors (Lipinski definition) is 2. The highest BCUT2D eigenvalue weighted by molar-refractivity contribution is 5.82. The van der Waals surface area contributed by atoms with Crippen LogP contribution in [0, 0.1) is 15.5 Å². The molecule has 1 aromatic carbocycles. The minimum Gasteiger partial charge on any atom is -0.507 e. The fourth-order valence-electron chi connectivity index (χ4n) is 2.98. The van der Waals surface area contributed by atoms with Crippen molar-refractivity contribution in [1.82, 2.24) is 0 Å². The Morgan fingerprint density at radius 2 is 1.83 bits per heavy atom. The first kappa shape index (κ1) is 16.5. The molecule has 5 heteroatoms. The van der Waals surface area contributed by atoms with Crippen LogP contribution in [0.25, 0.3) is 5.57 Å². The van der Waals surface area contributed by atoms with Gasteiger partial charge in [-0.05, 0) is 18.9 Å². The van der Waals surface area contributed by atoms with Crippen molar-refractivity contribution >= 4 is 5.57 Å². The van der Waals surface area contributed by atoms with Crippen molar-refractivity contribution in [3.8, 4) is 5.75 Å². The molecule has 1 aliphatic rings. The fourth-order valence-corrected chi connectivity index (χ4v) is 2.98. The van der Waals surface area contributed by atoms with Gasteiger partial charge in [0.05, 0.1) is 11.3 Å². The van der Waals surface area contributed by atoms with E-state index in [1.165, 1.54) is 6.07 Å². The minimum absolute atomic E-state index is 0.0407. The van der Waals surface area contributed by atoms with E-state index in [-0.39, 0.29) is 23.4 Å². The Morgan fingerprint density at radius 1 is 1.22 bits per heavy atom. The van der Waals surface area contributed by atoms with Crippen molar-refractivity contribution in [3.63, 3.8) is 0 Å². The van der Waals surface area contributed by atoms with Crippen LogP contribution in [-0.4, -0.2) is 15.1 Å². The molecule has 23 heavy (non-hydrogen) atoms. The van der Waals surface area contributed by atoms with Gasteiger partial charge in [0.15, 0.2) is 5.76 Å². The molecular weight excluding hydrogens is 294 g/mol. The lowest BCUT2D eigenvalue weighted by Crippen LogP contribution is -2.25. The molecule has 1 aromatic rings. The van der Waals surface area contributed by atoms with Crippen LogP contribution in [0.15, 0.2) is 67.1 Å². The SMILES string of the molecule is C=CCC1(CC=C)C=C(c2ccccc2O)C(O)=C([N+](=O)[O-])C1. The van der Waals surface area contributed by atoms with Gasteiger partial charge in [-0.2, -0.15) is 0 Å². The molecule has 2 rings (SSSR count). The van der Waals surface area contributed by atoms with E-state index < -0.39 is 16.1 Å². The number of allylic oxidation sites excluding steroid dienone is 5. The lowest BCUT2D eigenvalue weighted by Gasteiger charge is -2.32. The smallest absolute Gasteiger partial charge is 0.288 e. The molecule has 1 aliphatic carbocycles. The highest BCUT2D eigenvalue weighted by Gasteiger charge is 2.39. The average Bonchev–Trinajstić information content (AvgIpc) is 2.50. The monoisotopic (exact) mass is 313 g/mol. The summed E-state index contributed by atoms with van der Waals surface area (Å²) in [5.41, 5.74) is -0.212. The van der Waals surface area contributed by atoms with Crippen LogP contribution in [0.1, 0.15) is 24.8 Å². The second-order valence-corrected chi connectivity index (χ2v) is 5.65. The van der Waals surface area contributed by atoms with E-state index in [9.17, 15) is 20.3 Å². The Kier molecular flexibility index (Phi) is 4.69. The van der Waals surface area contributed by atoms with Gasteiger partial charge in [0.25, 0.3) is 5.70 Å². The number of benzene rings is 1. The zero-order valence-electron chi connectivity index (χ0n) is 12.7. The standard InChI is InChI=1S/C18H19NO4/c1-3-9-18(10-4-2)11-14(13-7-5-6-8-16(13)20)17(21)15(12-18)19(22)23/h3-8,11,20-21H,1-2,9-10,12H2. The molecule has 0 fully saturated rings. The van der Waals surface area contributed by atoms with Crippen LogP contribution in [0.3, 0.4) is 0 Å². The first-order valence-electron chi connectivity index (χ1n) is 7.24. The molecule has 2 N–H and O–H groups in total. The summed E-state index contributed by atoms with van der Waals surface area (Å²) in [6.45, 7) is 7.45. The second-order valence-electron chi connectivity index (χ2n) is 5.65. The van der Waals surface area contributed by atoms with Gasteiger partial charge in [-0.25, -0.2) is 0 Å². The van der Waals surface area contributed by atoms with Crippen LogP contribution < -0.4 is 0 Å². The summed E-state index contributed by atoms with van der Waals surface area (Å²) >= 11 is 0. The van der Waals surface area contributed by atoms with Crippen LogP contribution in [0.4, 0.5) is 0 Å². The van der Waals surface area contributed by atoms with Crippen LogP contribution >= 0.6 is 0 Å². The Balaban J connectivity index is 2.69. The summed E-state index contributed by atoms with van der Waals surface area (Å²) in [6.07, 6.45) is 6.26. The molecule has 0 amide bonds. The van der Waals surface area contributed by atoms with Crippen LogP contribution in [-0.2, 0) is 0 Å². The van der Waals surface area contributed by atoms with Gasteiger partial charge in [0.2, 0.25) is 0 Å². The summed E-state index contributed by atoms with van der Waals surface area (Å²) in [5, 5.41) is 31.8. The zero-order chi connectivity index (χ0) is 17.0. The third-order valence-corrected chi connectivity index (χ3v) is 4.01. The summed E-state index contributed by atoms with van der Waals surface area (Å²) in [5.74, 6) is -0.443. The molecule has 0 spiro atoms. The number of phenolic OH excluding ortho intramolecular Hbond substituents is 1. The second kappa shape index (κ2) is 6.52. The molecule has 120 valence electrons. The number of hydrogen-bond acceptors (Lipinski definition) is 4. The van der Waals surface area contributed by atoms with Crippen molar-refractivity contribution in [2.75, 3.05) is 0 Å². The van der Waals surface area contributed by atoms with Crippen LogP contribution in [0.2, 0.25) is 0 Å². The molecule has 0 saturated carbocycles. The third-order valence-electron chi connectivity index (χ3n) is 4.01. The minimum atomic E-state index is -0.588. The summed E-state index contributed by atoms with van der Waals surface area (Å²) in [6, 6.07) is 6.45. The number of rotatable bonds is 6. The molecule has 0 aliphatic heterocycles. The molecule has 5 nitrogen and oxygen atoms in total. The number of para-hydroxylation sites is 1. The Bertz CT molecular complexity index is 705. The van der Waals surface area contributed by atoms with E-state index in [4.69, 9.17) is 0 Å². The zero-order valence-corrected chi connectivity index (χ0v) is 12.7. The molecule has 0 unspecified atom stereocenters. The molecule has 0 saturated heterocycles. The van der Waals surface area contributed by atoms with Gasteiger partial charge in [0.1, 0.15) is 5.75 Å². The number of aliphatic hydroxyl groups excluding tert-OH is 1. The quantitative estimate of drug-likeness (QED) is 0.464. The van der Waals surface area contributed by atoms with E-state index in [0.717, 1.165) is 0 Å². The Hall–Kier alpha value is -2.82. The summed E-state index contributed by atoms with van der Waals surface area (Å²) < 4.78 is 0. The number of aromatic hydroxyl groups is 1. The highest BCUT2D eigenvalue weighted by atomic mass is 16.6. The van der Waals surface area contributed by atoms with Gasteiger partial charge in [-0.15, -0.1) is 13.2 Å². The molecule has 0 bridgehead atoms. The first-order valence-corrected chi connectivity index (χ1v) is 7.24. The predicted octanol–water partition coefficient (Wildman–Crippen LogP) is 4.36. The fraction of sp³-hybridized carbons (Fsp3) is 0.222. The number of phenols is 1. The van der Waals surface area contributed by atoms with E-state index in [1.54, 1.807) is 36.4 Å². The normalized spacial score (nSPS) is 16.6. The molecule has 0 aromatic heterocycles. The lowest BCUT2D eigenvalue weighted by atomic mass is 9.71. The van der Waals surface area contributed by atoms with Gasteiger partial charge < -0.3 is 10.2 Å². The maximum atomic E-state index is 11.4. The van der Waals surface area contributed by atoms with Crippen LogP contribution in [0.5, 0.6) is 5.75 Å².